The maximum absolute atomic E-state index is 8.67. The van der Waals surface area contributed by atoms with Crippen molar-refractivity contribution in [2.75, 3.05) is 0 Å². The molecule has 20 heavy (non-hydrogen) atoms. The zero-order valence-corrected chi connectivity index (χ0v) is 11.4. The Labute approximate surface area is 118 Å². The minimum atomic E-state index is 0.120. The molecule has 0 saturated carbocycles. The Morgan fingerprint density at radius 3 is 2.75 bits per heavy atom. The number of amidine groups is 1. The van der Waals surface area contributed by atoms with Gasteiger partial charge < -0.3 is 16.3 Å². The molecule has 0 fully saturated rings. The van der Waals surface area contributed by atoms with E-state index >= 15 is 0 Å². The molecule has 1 aromatic carbocycles. The Bertz CT molecular complexity index is 593. The predicted molar refractivity (Wildman–Crippen MR) is 78.5 cm³/mol. The first kappa shape index (κ1) is 14.0. The van der Waals surface area contributed by atoms with Crippen molar-refractivity contribution in [3.63, 3.8) is 0 Å². The van der Waals surface area contributed by atoms with Gasteiger partial charge in [0.15, 0.2) is 5.84 Å². The molecule has 1 heterocycles. The van der Waals surface area contributed by atoms with Crippen LogP contribution in [0, 0.1) is 6.92 Å². The Kier molecular flexibility index (Phi) is 4.68. The summed E-state index contributed by atoms with van der Waals surface area (Å²) in [6.07, 6.45) is 1.87. The molecule has 0 aliphatic rings. The summed E-state index contributed by atoms with van der Waals surface area (Å²) in [5.41, 5.74) is 9.51. The first-order valence-electron chi connectivity index (χ1n) is 6.38. The molecule has 0 amide bonds. The van der Waals surface area contributed by atoms with Gasteiger partial charge in [0, 0.05) is 30.5 Å². The van der Waals surface area contributed by atoms with Crippen LogP contribution < -0.4 is 11.1 Å². The summed E-state index contributed by atoms with van der Waals surface area (Å²) in [7, 11) is 0. The fraction of sp³-hybridized carbons (Fsp3) is 0.200. The molecule has 0 bridgehead atoms. The van der Waals surface area contributed by atoms with Gasteiger partial charge in [0.05, 0.1) is 0 Å². The summed E-state index contributed by atoms with van der Waals surface area (Å²) >= 11 is 0. The van der Waals surface area contributed by atoms with Gasteiger partial charge in [-0.2, -0.15) is 0 Å². The summed E-state index contributed by atoms with van der Waals surface area (Å²) in [4.78, 5) is 4.25. The molecule has 0 spiro atoms. The third-order valence-corrected chi connectivity index (χ3v) is 2.96. The monoisotopic (exact) mass is 270 g/mol. The lowest BCUT2D eigenvalue weighted by atomic mass is 10.1. The fourth-order valence-corrected chi connectivity index (χ4v) is 1.85. The van der Waals surface area contributed by atoms with E-state index in [0.29, 0.717) is 12.1 Å². The molecule has 0 saturated heterocycles. The quantitative estimate of drug-likeness (QED) is 0.335. The van der Waals surface area contributed by atoms with E-state index in [1.165, 1.54) is 0 Å². The molecule has 0 aliphatic carbocycles. The maximum Gasteiger partial charge on any atom is 0.170 e. The van der Waals surface area contributed by atoms with Crippen molar-refractivity contribution in [2.45, 2.75) is 20.0 Å². The van der Waals surface area contributed by atoms with Gasteiger partial charge in [-0.05, 0) is 30.2 Å². The number of oxime groups is 1. The first-order chi connectivity index (χ1) is 9.69. The highest BCUT2D eigenvalue weighted by Crippen LogP contribution is 2.06. The predicted octanol–water partition coefficient (Wildman–Crippen LogP) is 1.77. The van der Waals surface area contributed by atoms with Crippen LogP contribution in [0.1, 0.15) is 22.4 Å². The highest BCUT2D eigenvalue weighted by atomic mass is 16.4. The Morgan fingerprint density at radius 2 is 2.05 bits per heavy atom. The van der Waals surface area contributed by atoms with E-state index in [2.05, 4.69) is 21.5 Å². The van der Waals surface area contributed by atoms with Crippen molar-refractivity contribution in [2.24, 2.45) is 10.9 Å². The lowest BCUT2D eigenvalue weighted by Gasteiger charge is -2.07. The highest BCUT2D eigenvalue weighted by Gasteiger charge is 2.00. The van der Waals surface area contributed by atoms with Gasteiger partial charge in [0.2, 0.25) is 0 Å². The average molecular weight is 270 g/mol. The number of nitrogens with two attached hydrogens (primary N) is 1. The molecule has 4 N–H and O–H groups in total. The van der Waals surface area contributed by atoms with E-state index in [0.717, 1.165) is 23.4 Å². The molecule has 5 heteroatoms. The minimum absolute atomic E-state index is 0.120. The van der Waals surface area contributed by atoms with E-state index in [4.69, 9.17) is 10.9 Å². The molecule has 2 aromatic rings. The topological polar surface area (TPSA) is 83.5 Å². The van der Waals surface area contributed by atoms with E-state index in [-0.39, 0.29) is 5.84 Å². The third kappa shape index (κ3) is 3.80. The number of hydrogen-bond acceptors (Lipinski definition) is 4. The molecular weight excluding hydrogens is 252 g/mol. The second kappa shape index (κ2) is 6.68. The zero-order chi connectivity index (χ0) is 14.4. The second-order valence-electron chi connectivity index (χ2n) is 4.60. The SMILES string of the molecule is Cc1ccc(CNCc2cccc(C(N)=NO)c2)cn1. The van der Waals surface area contributed by atoms with Crippen molar-refractivity contribution >= 4 is 5.84 Å². The number of benzene rings is 1. The molecule has 104 valence electrons. The number of pyridine rings is 1. The van der Waals surface area contributed by atoms with Crippen molar-refractivity contribution in [1.82, 2.24) is 10.3 Å². The summed E-state index contributed by atoms with van der Waals surface area (Å²) in [6, 6.07) is 11.6. The number of nitrogens with zero attached hydrogens (tertiary/aromatic N) is 2. The largest absolute Gasteiger partial charge is 0.409 e. The zero-order valence-electron chi connectivity index (χ0n) is 11.4. The minimum Gasteiger partial charge on any atom is -0.409 e. The van der Waals surface area contributed by atoms with Gasteiger partial charge in [0.25, 0.3) is 0 Å². The number of aromatic nitrogens is 1. The van der Waals surface area contributed by atoms with Crippen LogP contribution in [-0.2, 0) is 13.1 Å². The van der Waals surface area contributed by atoms with E-state index in [1.54, 1.807) is 0 Å². The van der Waals surface area contributed by atoms with Crippen LogP contribution in [0.4, 0.5) is 0 Å². The lowest BCUT2D eigenvalue weighted by molar-refractivity contribution is 0.318. The molecule has 2 rings (SSSR count). The van der Waals surface area contributed by atoms with E-state index in [9.17, 15) is 0 Å². The fourth-order valence-electron chi connectivity index (χ4n) is 1.85. The maximum atomic E-state index is 8.67. The highest BCUT2D eigenvalue weighted by molar-refractivity contribution is 5.97. The van der Waals surface area contributed by atoms with Crippen LogP contribution in [0.25, 0.3) is 0 Å². The first-order valence-corrected chi connectivity index (χ1v) is 6.38. The van der Waals surface area contributed by atoms with Gasteiger partial charge in [-0.1, -0.05) is 29.4 Å². The molecular formula is C15H18N4O. The van der Waals surface area contributed by atoms with Gasteiger partial charge in [-0.3, -0.25) is 4.98 Å². The molecule has 0 aliphatic heterocycles. The molecule has 0 radical (unpaired) electrons. The number of rotatable bonds is 5. The van der Waals surface area contributed by atoms with Crippen LogP contribution in [0.3, 0.4) is 0 Å². The van der Waals surface area contributed by atoms with E-state index < -0.39 is 0 Å². The summed E-state index contributed by atoms with van der Waals surface area (Å²) < 4.78 is 0. The standard InChI is InChI=1S/C15H18N4O/c1-11-5-6-13(10-18-11)9-17-8-12-3-2-4-14(7-12)15(16)19-20/h2-7,10,17,20H,8-9H2,1H3,(H2,16,19). The van der Waals surface area contributed by atoms with Crippen molar-refractivity contribution in [3.05, 3.63) is 65.0 Å². The van der Waals surface area contributed by atoms with Gasteiger partial charge >= 0.3 is 0 Å². The lowest BCUT2D eigenvalue weighted by Crippen LogP contribution is -2.15. The number of hydrogen-bond donors (Lipinski definition) is 3. The summed E-state index contributed by atoms with van der Waals surface area (Å²) in [5, 5.41) is 15.0. The molecule has 5 nitrogen and oxygen atoms in total. The van der Waals surface area contributed by atoms with Crippen LogP contribution in [0.15, 0.2) is 47.8 Å². The summed E-state index contributed by atoms with van der Waals surface area (Å²) in [6.45, 7) is 3.43. The van der Waals surface area contributed by atoms with Crippen LogP contribution in [0.2, 0.25) is 0 Å². The Balaban J connectivity index is 1.92. The van der Waals surface area contributed by atoms with E-state index in [1.807, 2.05) is 43.5 Å². The average Bonchev–Trinajstić information content (AvgIpc) is 2.49. The number of aryl methyl sites for hydroxylation is 1. The van der Waals surface area contributed by atoms with Gasteiger partial charge in [-0.25, -0.2) is 0 Å². The normalized spacial score (nSPS) is 11.6. The number of nitrogens with one attached hydrogen (secondary N) is 1. The Hall–Kier alpha value is -2.40. The van der Waals surface area contributed by atoms with Crippen molar-refractivity contribution < 1.29 is 5.21 Å². The van der Waals surface area contributed by atoms with Crippen molar-refractivity contribution in [1.29, 1.82) is 0 Å². The third-order valence-electron chi connectivity index (χ3n) is 2.96. The summed E-state index contributed by atoms with van der Waals surface area (Å²) in [5.74, 6) is 0.120. The van der Waals surface area contributed by atoms with Crippen LogP contribution in [-0.4, -0.2) is 16.0 Å². The van der Waals surface area contributed by atoms with Crippen molar-refractivity contribution in [3.8, 4) is 0 Å². The van der Waals surface area contributed by atoms with Crippen LogP contribution >= 0.6 is 0 Å². The van der Waals surface area contributed by atoms with Crippen LogP contribution in [0.5, 0.6) is 0 Å². The Morgan fingerprint density at radius 1 is 1.25 bits per heavy atom. The molecule has 0 unspecified atom stereocenters. The van der Waals surface area contributed by atoms with Gasteiger partial charge in [0.1, 0.15) is 0 Å². The smallest absolute Gasteiger partial charge is 0.170 e. The van der Waals surface area contributed by atoms with Gasteiger partial charge in [-0.15, -0.1) is 0 Å². The molecule has 0 atom stereocenters. The second-order valence-corrected chi connectivity index (χ2v) is 4.60. The molecule has 1 aromatic heterocycles.